The van der Waals surface area contributed by atoms with Crippen LogP contribution in [0, 0.1) is 11.3 Å². The van der Waals surface area contributed by atoms with E-state index in [4.69, 9.17) is 16.7 Å². The van der Waals surface area contributed by atoms with Crippen LogP contribution >= 0.6 is 11.6 Å². The van der Waals surface area contributed by atoms with Crippen LogP contribution in [-0.4, -0.2) is 58.2 Å². The molecule has 2 aliphatic rings. The first-order valence-corrected chi connectivity index (χ1v) is 9.17. The second-order valence-corrected chi connectivity index (χ2v) is 7.38. The molecule has 1 N–H and O–H groups in total. The monoisotopic (exact) mass is 362 g/mol. The summed E-state index contributed by atoms with van der Waals surface area (Å²) in [6, 6.07) is 6.58. The Hall–Kier alpha value is -1.84. The van der Waals surface area contributed by atoms with Crippen LogP contribution in [0.2, 0.25) is 5.02 Å². The molecule has 1 aliphatic carbocycles. The summed E-state index contributed by atoms with van der Waals surface area (Å²) in [4.78, 5) is 19.4. The lowest BCUT2D eigenvalue weighted by molar-refractivity contribution is 0.130. The first-order valence-electron chi connectivity index (χ1n) is 8.79. The van der Waals surface area contributed by atoms with E-state index in [0.717, 1.165) is 50.9 Å². The Kier molecular flexibility index (Phi) is 5.45. The molecule has 1 saturated carbocycles. The molecule has 1 amide bonds. The molecule has 6 nitrogen and oxygen atoms in total. The Morgan fingerprint density at radius 3 is 2.64 bits per heavy atom. The summed E-state index contributed by atoms with van der Waals surface area (Å²) in [6.07, 6.45) is 5.07. The van der Waals surface area contributed by atoms with Crippen LogP contribution in [0.25, 0.3) is 0 Å². The zero-order valence-electron chi connectivity index (χ0n) is 14.2. The van der Waals surface area contributed by atoms with Gasteiger partial charge in [-0.15, -0.1) is 0 Å². The average Bonchev–Trinajstić information content (AvgIpc) is 2.89. The summed E-state index contributed by atoms with van der Waals surface area (Å²) >= 11 is 5.92. The van der Waals surface area contributed by atoms with Gasteiger partial charge in [-0.2, -0.15) is 5.26 Å². The highest BCUT2D eigenvalue weighted by Gasteiger charge is 2.40. The van der Waals surface area contributed by atoms with Crippen LogP contribution in [0.15, 0.2) is 18.3 Å². The quantitative estimate of drug-likeness (QED) is 0.874. The van der Waals surface area contributed by atoms with Crippen molar-refractivity contribution in [3.05, 3.63) is 29.0 Å². The standard InChI is InChI=1S/C18H23ClN4O2/c19-14-2-3-16(21-12-14)18(13-20)6-4-15(5-7-18)22-8-1-9-23(11-10-22)17(24)25/h2-3,12,15H,1,4-11H2,(H,24,25). The number of carboxylic acid groups (broad SMARTS) is 1. The van der Waals surface area contributed by atoms with Crippen LogP contribution in [-0.2, 0) is 5.41 Å². The molecule has 0 radical (unpaired) electrons. The minimum atomic E-state index is -0.831. The van der Waals surface area contributed by atoms with Crippen molar-refractivity contribution >= 4 is 17.7 Å². The van der Waals surface area contributed by atoms with E-state index in [1.54, 1.807) is 12.3 Å². The molecule has 1 aromatic rings. The smallest absolute Gasteiger partial charge is 0.407 e. The van der Waals surface area contributed by atoms with Crippen LogP contribution in [0.3, 0.4) is 0 Å². The van der Waals surface area contributed by atoms with Crippen molar-refractivity contribution in [1.29, 1.82) is 5.26 Å². The van der Waals surface area contributed by atoms with Gasteiger partial charge in [0.25, 0.3) is 0 Å². The number of rotatable bonds is 2. The fourth-order valence-corrected chi connectivity index (χ4v) is 4.15. The SMILES string of the molecule is N#CC1(c2ccc(Cl)cn2)CCC(N2CCCN(C(=O)O)CC2)CC1. The van der Waals surface area contributed by atoms with E-state index in [2.05, 4.69) is 16.0 Å². The van der Waals surface area contributed by atoms with Gasteiger partial charge in [-0.3, -0.25) is 9.88 Å². The number of pyridine rings is 1. The molecule has 1 aliphatic heterocycles. The van der Waals surface area contributed by atoms with Crippen LogP contribution in [0.1, 0.15) is 37.8 Å². The predicted octanol–water partition coefficient (Wildman–Crippen LogP) is 3.12. The number of hydrogen-bond donors (Lipinski definition) is 1. The second kappa shape index (κ2) is 7.59. The van der Waals surface area contributed by atoms with Crippen LogP contribution < -0.4 is 0 Å². The summed E-state index contributed by atoms with van der Waals surface area (Å²) < 4.78 is 0. The molecular formula is C18H23ClN4O2. The van der Waals surface area contributed by atoms with Gasteiger partial charge in [-0.05, 0) is 44.2 Å². The van der Waals surface area contributed by atoms with E-state index in [0.29, 0.717) is 24.2 Å². The van der Waals surface area contributed by atoms with Crippen molar-refractivity contribution < 1.29 is 9.90 Å². The molecule has 2 fully saturated rings. The molecule has 0 aromatic carbocycles. The molecule has 25 heavy (non-hydrogen) atoms. The van der Waals surface area contributed by atoms with Crippen molar-refractivity contribution in [2.45, 2.75) is 43.6 Å². The Morgan fingerprint density at radius 2 is 2.04 bits per heavy atom. The van der Waals surface area contributed by atoms with E-state index in [1.807, 2.05) is 6.07 Å². The number of amides is 1. The lowest BCUT2D eigenvalue weighted by Crippen LogP contribution is -2.44. The summed E-state index contributed by atoms with van der Waals surface area (Å²) in [5.41, 5.74) is 0.283. The molecule has 134 valence electrons. The van der Waals surface area contributed by atoms with Crippen LogP contribution in [0.5, 0.6) is 0 Å². The third-order valence-corrected chi connectivity index (χ3v) is 5.78. The van der Waals surface area contributed by atoms with Crippen molar-refractivity contribution in [3.8, 4) is 6.07 Å². The Bertz CT molecular complexity index is 650. The number of nitriles is 1. The van der Waals surface area contributed by atoms with E-state index in [1.165, 1.54) is 4.90 Å². The van der Waals surface area contributed by atoms with Gasteiger partial charge < -0.3 is 10.0 Å². The molecule has 0 atom stereocenters. The number of hydrogen-bond acceptors (Lipinski definition) is 4. The van der Waals surface area contributed by atoms with Gasteiger partial charge in [0.2, 0.25) is 0 Å². The van der Waals surface area contributed by atoms with E-state index in [9.17, 15) is 10.1 Å². The molecule has 3 rings (SSSR count). The number of aromatic nitrogens is 1. The Balaban J connectivity index is 1.63. The summed E-state index contributed by atoms with van der Waals surface area (Å²) in [7, 11) is 0. The van der Waals surface area contributed by atoms with E-state index >= 15 is 0 Å². The lowest BCUT2D eigenvalue weighted by Gasteiger charge is -2.39. The van der Waals surface area contributed by atoms with Gasteiger partial charge in [0.15, 0.2) is 0 Å². The minimum Gasteiger partial charge on any atom is -0.465 e. The highest BCUT2D eigenvalue weighted by atomic mass is 35.5. The van der Waals surface area contributed by atoms with Crippen molar-refractivity contribution in [2.24, 2.45) is 0 Å². The zero-order valence-corrected chi connectivity index (χ0v) is 15.0. The maximum atomic E-state index is 11.1. The van der Waals surface area contributed by atoms with Gasteiger partial charge in [-0.25, -0.2) is 4.79 Å². The Labute approximate surface area is 153 Å². The fraction of sp³-hybridized carbons (Fsp3) is 0.611. The summed E-state index contributed by atoms with van der Waals surface area (Å²) in [5, 5.41) is 19.5. The maximum Gasteiger partial charge on any atom is 0.407 e. The molecule has 7 heteroatoms. The Morgan fingerprint density at radius 1 is 1.28 bits per heavy atom. The molecular weight excluding hydrogens is 340 g/mol. The van der Waals surface area contributed by atoms with Gasteiger partial charge in [0.05, 0.1) is 22.2 Å². The first-order chi connectivity index (χ1) is 12.0. The minimum absolute atomic E-state index is 0.419. The highest BCUT2D eigenvalue weighted by Crippen LogP contribution is 2.39. The topological polar surface area (TPSA) is 80.5 Å². The van der Waals surface area contributed by atoms with Crippen LogP contribution in [0.4, 0.5) is 4.79 Å². The average molecular weight is 363 g/mol. The molecule has 0 bridgehead atoms. The molecule has 2 heterocycles. The lowest BCUT2D eigenvalue weighted by atomic mass is 9.71. The van der Waals surface area contributed by atoms with Gasteiger partial charge in [-0.1, -0.05) is 11.6 Å². The molecule has 1 saturated heterocycles. The van der Waals surface area contributed by atoms with E-state index in [-0.39, 0.29) is 0 Å². The number of carbonyl (C=O) groups is 1. The maximum absolute atomic E-state index is 11.1. The predicted molar refractivity (Wildman–Crippen MR) is 94.6 cm³/mol. The second-order valence-electron chi connectivity index (χ2n) is 6.95. The third-order valence-electron chi connectivity index (χ3n) is 5.56. The van der Waals surface area contributed by atoms with Crippen molar-refractivity contribution in [3.63, 3.8) is 0 Å². The van der Waals surface area contributed by atoms with Crippen molar-refractivity contribution in [2.75, 3.05) is 26.2 Å². The third kappa shape index (κ3) is 3.88. The normalized spacial score (nSPS) is 28.2. The number of nitrogens with zero attached hydrogens (tertiary/aromatic N) is 4. The number of halogens is 1. The fourth-order valence-electron chi connectivity index (χ4n) is 4.04. The van der Waals surface area contributed by atoms with Gasteiger partial charge in [0.1, 0.15) is 0 Å². The summed E-state index contributed by atoms with van der Waals surface area (Å²) in [5.74, 6) is 0. The van der Waals surface area contributed by atoms with Gasteiger partial charge >= 0.3 is 6.09 Å². The highest BCUT2D eigenvalue weighted by molar-refractivity contribution is 6.30. The summed E-state index contributed by atoms with van der Waals surface area (Å²) in [6.45, 7) is 2.87. The zero-order chi connectivity index (χ0) is 17.9. The van der Waals surface area contributed by atoms with E-state index < -0.39 is 11.5 Å². The van der Waals surface area contributed by atoms with Crippen molar-refractivity contribution in [1.82, 2.24) is 14.8 Å². The largest absolute Gasteiger partial charge is 0.465 e. The molecule has 1 aromatic heterocycles. The molecule has 0 spiro atoms. The first kappa shape index (κ1) is 18.0. The molecule has 0 unspecified atom stereocenters. The van der Waals surface area contributed by atoms with Gasteiger partial charge in [0, 0.05) is 38.4 Å².